The smallest absolute Gasteiger partial charge is 0.396 e. The predicted octanol–water partition coefficient (Wildman–Crippen LogP) is 3.10. The molecule has 1 aromatic carbocycles. The molecule has 0 aliphatic rings. The summed E-state index contributed by atoms with van der Waals surface area (Å²) in [4.78, 5) is 0. The average Bonchev–Trinajstić information content (AvgIpc) is 2.77. The number of aromatic nitrogens is 2. The molecule has 1 aromatic heterocycles. The van der Waals surface area contributed by atoms with Crippen LogP contribution in [0.15, 0.2) is 24.4 Å². The van der Waals surface area contributed by atoms with Crippen LogP contribution in [-0.4, -0.2) is 21.5 Å². The van der Waals surface area contributed by atoms with Crippen LogP contribution in [-0.2, 0) is 19.1 Å². The van der Waals surface area contributed by atoms with Crippen molar-refractivity contribution >= 4 is 0 Å². The molecular formula is C15H17F3N2O. The van der Waals surface area contributed by atoms with Gasteiger partial charge in [-0.1, -0.05) is 18.2 Å². The molecule has 2 aromatic rings. The van der Waals surface area contributed by atoms with E-state index in [4.69, 9.17) is 5.11 Å². The van der Waals surface area contributed by atoms with Crippen LogP contribution in [0.5, 0.6) is 0 Å². The number of nitrogens with zero attached hydrogens (tertiary/aromatic N) is 2. The topological polar surface area (TPSA) is 38.0 Å². The van der Waals surface area contributed by atoms with Crippen LogP contribution in [0, 0.1) is 13.8 Å². The van der Waals surface area contributed by atoms with Gasteiger partial charge < -0.3 is 5.11 Å². The molecule has 0 fully saturated rings. The highest BCUT2D eigenvalue weighted by molar-refractivity contribution is 5.34. The molecule has 21 heavy (non-hydrogen) atoms. The van der Waals surface area contributed by atoms with Crippen molar-refractivity contribution in [1.29, 1.82) is 0 Å². The van der Waals surface area contributed by atoms with Crippen LogP contribution in [0.1, 0.15) is 27.9 Å². The first-order valence-electron chi connectivity index (χ1n) is 6.62. The van der Waals surface area contributed by atoms with E-state index in [0.717, 1.165) is 16.7 Å². The van der Waals surface area contributed by atoms with Crippen LogP contribution in [0.4, 0.5) is 13.2 Å². The third-order valence-electron chi connectivity index (χ3n) is 3.45. The molecule has 0 radical (unpaired) electrons. The van der Waals surface area contributed by atoms with E-state index in [2.05, 4.69) is 5.10 Å². The summed E-state index contributed by atoms with van der Waals surface area (Å²) < 4.78 is 40.1. The Labute approximate surface area is 121 Å². The highest BCUT2D eigenvalue weighted by Crippen LogP contribution is 2.31. The minimum atomic E-state index is -4.50. The lowest BCUT2D eigenvalue weighted by molar-refractivity contribution is -0.142. The second-order valence-electron chi connectivity index (χ2n) is 5.04. The molecule has 114 valence electrons. The molecule has 3 nitrogen and oxygen atoms in total. The average molecular weight is 298 g/mol. The molecule has 0 saturated heterocycles. The number of alkyl halides is 3. The van der Waals surface area contributed by atoms with Gasteiger partial charge in [0.15, 0.2) is 5.69 Å². The van der Waals surface area contributed by atoms with Gasteiger partial charge in [0.2, 0.25) is 0 Å². The van der Waals surface area contributed by atoms with E-state index in [9.17, 15) is 13.2 Å². The third-order valence-corrected chi connectivity index (χ3v) is 3.45. The van der Waals surface area contributed by atoms with Crippen molar-refractivity contribution in [2.75, 3.05) is 6.61 Å². The fourth-order valence-electron chi connectivity index (χ4n) is 2.35. The first kappa shape index (κ1) is 15.6. The van der Waals surface area contributed by atoms with Crippen molar-refractivity contribution in [2.24, 2.45) is 0 Å². The molecule has 0 bridgehead atoms. The largest absolute Gasteiger partial charge is 0.435 e. The summed E-state index contributed by atoms with van der Waals surface area (Å²) in [6.07, 6.45) is -3.19. The van der Waals surface area contributed by atoms with Gasteiger partial charge in [0, 0.05) is 18.4 Å². The number of aliphatic hydroxyl groups is 1. The van der Waals surface area contributed by atoms with Crippen molar-refractivity contribution in [3.8, 4) is 0 Å². The van der Waals surface area contributed by atoms with E-state index in [-0.39, 0.29) is 25.1 Å². The number of halogens is 3. The van der Waals surface area contributed by atoms with Crippen LogP contribution in [0.2, 0.25) is 0 Å². The summed E-state index contributed by atoms with van der Waals surface area (Å²) in [5, 5.41) is 12.6. The summed E-state index contributed by atoms with van der Waals surface area (Å²) in [5.74, 6) is 0. The molecule has 0 aliphatic heterocycles. The van der Waals surface area contributed by atoms with Crippen molar-refractivity contribution in [3.05, 3.63) is 52.3 Å². The van der Waals surface area contributed by atoms with E-state index in [1.165, 1.54) is 10.9 Å². The van der Waals surface area contributed by atoms with Gasteiger partial charge in [-0.2, -0.15) is 18.3 Å². The summed E-state index contributed by atoms with van der Waals surface area (Å²) in [5.41, 5.74) is 2.11. The van der Waals surface area contributed by atoms with Gasteiger partial charge in [-0.05, 0) is 37.0 Å². The maximum atomic E-state index is 12.9. The van der Waals surface area contributed by atoms with Gasteiger partial charge in [-0.25, -0.2) is 0 Å². The molecule has 1 N–H and O–H groups in total. The Morgan fingerprint density at radius 1 is 1.19 bits per heavy atom. The Hall–Kier alpha value is -1.82. The van der Waals surface area contributed by atoms with Gasteiger partial charge >= 0.3 is 6.18 Å². The van der Waals surface area contributed by atoms with E-state index >= 15 is 0 Å². The number of hydrogen-bond acceptors (Lipinski definition) is 2. The number of benzene rings is 1. The van der Waals surface area contributed by atoms with Crippen LogP contribution in [0.3, 0.4) is 0 Å². The van der Waals surface area contributed by atoms with Gasteiger partial charge in [0.1, 0.15) is 0 Å². The lowest BCUT2D eigenvalue weighted by Crippen LogP contribution is -2.11. The van der Waals surface area contributed by atoms with E-state index in [0.29, 0.717) is 0 Å². The molecular weight excluding hydrogens is 281 g/mol. The fourth-order valence-corrected chi connectivity index (χ4v) is 2.35. The first-order chi connectivity index (χ1) is 9.82. The van der Waals surface area contributed by atoms with Gasteiger partial charge in [-0.15, -0.1) is 0 Å². The summed E-state index contributed by atoms with van der Waals surface area (Å²) >= 11 is 0. The van der Waals surface area contributed by atoms with E-state index < -0.39 is 11.9 Å². The summed E-state index contributed by atoms with van der Waals surface area (Å²) in [6.45, 7) is 3.79. The lowest BCUT2D eigenvalue weighted by Gasteiger charge is -2.09. The second-order valence-corrected chi connectivity index (χ2v) is 5.04. The minimum absolute atomic E-state index is 0.0243. The number of rotatable bonds is 4. The lowest BCUT2D eigenvalue weighted by atomic mass is 10.0. The molecule has 0 atom stereocenters. The Morgan fingerprint density at radius 2 is 1.81 bits per heavy atom. The molecule has 0 aliphatic carbocycles. The summed E-state index contributed by atoms with van der Waals surface area (Å²) in [6, 6.07) is 5.76. The van der Waals surface area contributed by atoms with Gasteiger partial charge in [-0.3, -0.25) is 4.68 Å². The molecule has 2 rings (SSSR count). The number of aryl methyl sites for hydroxylation is 2. The van der Waals surface area contributed by atoms with Crippen molar-refractivity contribution < 1.29 is 18.3 Å². The predicted molar refractivity (Wildman–Crippen MR) is 73.0 cm³/mol. The fraction of sp³-hybridized carbons (Fsp3) is 0.400. The molecule has 0 saturated carbocycles. The van der Waals surface area contributed by atoms with Crippen LogP contribution >= 0.6 is 0 Å². The standard InChI is InChI=1S/C15H17F3N2O/c1-10-4-3-5-11(2)13(10)9-20-8-12(6-7-21)14(19-20)15(16,17)18/h3-5,8,21H,6-7,9H2,1-2H3. The molecule has 6 heteroatoms. The Bertz CT molecular complexity index is 612. The quantitative estimate of drug-likeness (QED) is 0.942. The van der Waals surface area contributed by atoms with Crippen molar-refractivity contribution in [2.45, 2.75) is 33.0 Å². The third kappa shape index (κ3) is 3.44. The zero-order chi connectivity index (χ0) is 15.6. The van der Waals surface area contributed by atoms with Crippen LogP contribution in [0.25, 0.3) is 0 Å². The highest BCUT2D eigenvalue weighted by Gasteiger charge is 2.36. The first-order valence-corrected chi connectivity index (χ1v) is 6.62. The maximum Gasteiger partial charge on any atom is 0.435 e. The van der Waals surface area contributed by atoms with E-state index in [1.807, 2.05) is 32.0 Å². The SMILES string of the molecule is Cc1cccc(C)c1Cn1cc(CCO)c(C(F)(F)F)n1. The Kier molecular flexibility index (Phi) is 4.37. The zero-order valence-corrected chi connectivity index (χ0v) is 11.9. The zero-order valence-electron chi connectivity index (χ0n) is 11.9. The van der Waals surface area contributed by atoms with E-state index in [1.54, 1.807) is 0 Å². The monoisotopic (exact) mass is 298 g/mol. The maximum absolute atomic E-state index is 12.9. The molecule has 0 spiro atoms. The number of hydrogen-bond donors (Lipinski definition) is 1. The van der Waals surface area contributed by atoms with Crippen LogP contribution < -0.4 is 0 Å². The highest BCUT2D eigenvalue weighted by atomic mass is 19.4. The minimum Gasteiger partial charge on any atom is -0.396 e. The normalized spacial score (nSPS) is 11.9. The van der Waals surface area contributed by atoms with Crippen molar-refractivity contribution in [3.63, 3.8) is 0 Å². The Morgan fingerprint density at radius 3 is 2.33 bits per heavy atom. The number of aliphatic hydroxyl groups excluding tert-OH is 1. The van der Waals surface area contributed by atoms with Gasteiger partial charge in [0.05, 0.1) is 6.54 Å². The molecule has 0 unspecified atom stereocenters. The molecule has 1 heterocycles. The molecule has 0 amide bonds. The van der Waals surface area contributed by atoms with Crippen molar-refractivity contribution in [1.82, 2.24) is 9.78 Å². The van der Waals surface area contributed by atoms with Gasteiger partial charge in [0.25, 0.3) is 0 Å². The summed E-state index contributed by atoms with van der Waals surface area (Å²) in [7, 11) is 0. The second kappa shape index (κ2) is 5.89. The Balaban J connectivity index is 2.37.